The first-order valence-electron chi connectivity index (χ1n) is 7.34. The molecule has 0 unspecified atom stereocenters. The zero-order valence-electron chi connectivity index (χ0n) is 12.7. The monoisotopic (exact) mass is 327 g/mol. The van der Waals surface area contributed by atoms with Crippen LogP contribution in [-0.4, -0.2) is 33.7 Å². The van der Waals surface area contributed by atoms with E-state index in [0.717, 1.165) is 12.4 Å². The predicted molar refractivity (Wildman–Crippen MR) is 92.2 cm³/mol. The summed E-state index contributed by atoms with van der Waals surface area (Å²) in [4.78, 5) is 11.0. The maximum absolute atomic E-state index is 6.12. The van der Waals surface area contributed by atoms with Gasteiger partial charge in [-0.3, -0.25) is 0 Å². The van der Waals surface area contributed by atoms with Crippen molar-refractivity contribution in [3.63, 3.8) is 0 Å². The number of hydrogen-bond acceptors (Lipinski definition) is 4. The van der Waals surface area contributed by atoms with Gasteiger partial charge in [-0.1, -0.05) is 11.6 Å². The highest BCUT2D eigenvalue weighted by molar-refractivity contribution is 7.80. The van der Waals surface area contributed by atoms with Crippen molar-refractivity contribution in [3.8, 4) is 0 Å². The van der Waals surface area contributed by atoms with Crippen LogP contribution in [0.4, 0.5) is 11.8 Å². The Bertz CT molecular complexity index is 508. The molecule has 0 saturated carbocycles. The SMILES string of the molecule is CC(C)NC(=S)Nc1nc(Cl)cc(N2CCCC[C@H]2C)n1. The van der Waals surface area contributed by atoms with Gasteiger partial charge in [0.05, 0.1) is 0 Å². The minimum Gasteiger partial charge on any atom is -0.360 e. The Morgan fingerprint density at radius 3 is 2.86 bits per heavy atom. The van der Waals surface area contributed by atoms with Gasteiger partial charge in [0.2, 0.25) is 5.95 Å². The number of nitrogens with one attached hydrogen (secondary N) is 2. The number of halogens is 1. The second kappa shape index (κ2) is 7.22. The number of thiocarbonyl (C=S) groups is 1. The first kappa shape index (κ1) is 16.2. The molecule has 0 radical (unpaired) electrons. The van der Waals surface area contributed by atoms with Crippen LogP contribution in [0.25, 0.3) is 0 Å². The normalized spacial score (nSPS) is 18.7. The zero-order valence-corrected chi connectivity index (χ0v) is 14.3. The summed E-state index contributed by atoms with van der Waals surface area (Å²) in [7, 11) is 0. The summed E-state index contributed by atoms with van der Waals surface area (Å²) >= 11 is 11.3. The minimum absolute atomic E-state index is 0.255. The van der Waals surface area contributed by atoms with Crippen LogP contribution in [-0.2, 0) is 0 Å². The third kappa shape index (κ3) is 4.68. The molecule has 1 aromatic heterocycles. The highest BCUT2D eigenvalue weighted by Crippen LogP contribution is 2.25. The van der Waals surface area contributed by atoms with E-state index < -0.39 is 0 Å². The van der Waals surface area contributed by atoms with Gasteiger partial charge in [-0.2, -0.15) is 4.98 Å². The van der Waals surface area contributed by atoms with E-state index in [2.05, 4.69) is 32.4 Å². The minimum atomic E-state index is 0.255. The van der Waals surface area contributed by atoms with E-state index in [0.29, 0.717) is 22.3 Å². The Balaban J connectivity index is 2.15. The molecule has 1 aliphatic rings. The molecule has 7 heteroatoms. The van der Waals surface area contributed by atoms with Crippen molar-refractivity contribution in [1.29, 1.82) is 0 Å². The molecule has 0 amide bonds. The summed E-state index contributed by atoms with van der Waals surface area (Å²) in [6, 6.07) is 2.54. The third-order valence-electron chi connectivity index (χ3n) is 3.42. The number of nitrogens with zero attached hydrogens (tertiary/aromatic N) is 3. The van der Waals surface area contributed by atoms with Crippen LogP contribution in [0, 0.1) is 0 Å². The average Bonchev–Trinajstić information content (AvgIpc) is 2.37. The molecule has 0 spiro atoms. The van der Waals surface area contributed by atoms with Gasteiger partial charge in [0, 0.05) is 24.7 Å². The van der Waals surface area contributed by atoms with E-state index in [9.17, 15) is 0 Å². The number of aromatic nitrogens is 2. The number of rotatable bonds is 3. The van der Waals surface area contributed by atoms with Crippen molar-refractivity contribution in [1.82, 2.24) is 15.3 Å². The van der Waals surface area contributed by atoms with E-state index in [4.69, 9.17) is 23.8 Å². The van der Waals surface area contributed by atoms with Crippen LogP contribution in [0.5, 0.6) is 0 Å². The summed E-state index contributed by atoms with van der Waals surface area (Å²) in [6.07, 6.45) is 3.63. The first-order valence-corrected chi connectivity index (χ1v) is 8.13. The van der Waals surface area contributed by atoms with E-state index in [1.165, 1.54) is 19.3 Å². The molecule has 5 nitrogen and oxygen atoms in total. The van der Waals surface area contributed by atoms with Gasteiger partial charge in [-0.25, -0.2) is 4.98 Å². The van der Waals surface area contributed by atoms with Gasteiger partial charge < -0.3 is 15.5 Å². The van der Waals surface area contributed by atoms with E-state index in [1.54, 1.807) is 0 Å². The van der Waals surface area contributed by atoms with Crippen LogP contribution in [0.2, 0.25) is 5.15 Å². The molecule has 1 fully saturated rings. The standard InChI is InChI=1S/C14H22ClN5S/c1-9(2)16-14(21)19-13-17-11(15)8-12(18-13)20-7-5-4-6-10(20)3/h8-10H,4-7H2,1-3H3,(H2,16,17,18,19,21)/t10-/m1/s1. The molecule has 2 rings (SSSR count). The van der Waals surface area contributed by atoms with Crippen LogP contribution < -0.4 is 15.5 Å². The molecule has 1 atom stereocenters. The van der Waals surface area contributed by atoms with Crippen molar-refractivity contribution in [2.75, 3.05) is 16.8 Å². The molecule has 0 bridgehead atoms. The van der Waals surface area contributed by atoms with Gasteiger partial charge in [-0.15, -0.1) is 0 Å². The van der Waals surface area contributed by atoms with Gasteiger partial charge >= 0.3 is 0 Å². The molecular weight excluding hydrogens is 306 g/mol. The summed E-state index contributed by atoms with van der Waals surface area (Å²) in [5, 5.41) is 7.03. The molecule has 0 aromatic carbocycles. The van der Waals surface area contributed by atoms with Crippen LogP contribution >= 0.6 is 23.8 Å². The maximum atomic E-state index is 6.12. The first-order chi connectivity index (χ1) is 9.95. The summed E-state index contributed by atoms with van der Waals surface area (Å²) in [5.41, 5.74) is 0. The van der Waals surface area contributed by atoms with Crippen molar-refractivity contribution in [3.05, 3.63) is 11.2 Å². The fourth-order valence-electron chi connectivity index (χ4n) is 2.45. The number of anilines is 2. The Morgan fingerprint density at radius 1 is 1.43 bits per heavy atom. The quantitative estimate of drug-likeness (QED) is 0.657. The second-order valence-corrected chi connectivity index (χ2v) is 6.46. The predicted octanol–water partition coefficient (Wildman–Crippen LogP) is 3.20. The summed E-state index contributed by atoms with van der Waals surface area (Å²) in [5.74, 6) is 1.30. The lowest BCUT2D eigenvalue weighted by Crippen LogP contribution is -2.38. The molecular formula is C14H22ClN5S. The molecule has 1 aromatic rings. The topological polar surface area (TPSA) is 53.1 Å². The van der Waals surface area contributed by atoms with Crippen LogP contribution in [0.1, 0.15) is 40.0 Å². The fourth-order valence-corrected chi connectivity index (χ4v) is 2.95. The lowest BCUT2D eigenvalue weighted by molar-refractivity contribution is 0.481. The number of piperidine rings is 1. The van der Waals surface area contributed by atoms with Crippen molar-refractivity contribution >= 4 is 40.7 Å². The average molecular weight is 328 g/mol. The molecule has 2 heterocycles. The lowest BCUT2D eigenvalue weighted by Gasteiger charge is -2.34. The Morgan fingerprint density at radius 2 is 2.19 bits per heavy atom. The Labute approximate surface area is 136 Å². The third-order valence-corrected chi connectivity index (χ3v) is 3.84. The summed E-state index contributed by atoms with van der Waals surface area (Å²) in [6.45, 7) is 7.26. The van der Waals surface area contributed by atoms with Crippen molar-refractivity contribution in [2.24, 2.45) is 0 Å². The second-order valence-electron chi connectivity index (χ2n) is 5.66. The van der Waals surface area contributed by atoms with Crippen LogP contribution in [0.3, 0.4) is 0 Å². The molecule has 21 heavy (non-hydrogen) atoms. The van der Waals surface area contributed by atoms with Gasteiger partial charge in [0.15, 0.2) is 5.11 Å². The molecule has 1 aliphatic heterocycles. The highest BCUT2D eigenvalue weighted by Gasteiger charge is 2.20. The molecule has 0 aliphatic carbocycles. The summed E-state index contributed by atoms with van der Waals surface area (Å²) < 4.78 is 0. The zero-order chi connectivity index (χ0) is 15.4. The van der Waals surface area contributed by atoms with Gasteiger partial charge in [-0.05, 0) is 52.3 Å². The van der Waals surface area contributed by atoms with Crippen molar-refractivity contribution < 1.29 is 0 Å². The smallest absolute Gasteiger partial charge is 0.232 e. The Kier molecular flexibility index (Phi) is 5.58. The molecule has 116 valence electrons. The maximum Gasteiger partial charge on any atom is 0.232 e. The number of hydrogen-bond donors (Lipinski definition) is 2. The largest absolute Gasteiger partial charge is 0.360 e. The molecule has 1 saturated heterocycles. The Hall–Kier alpha value is -1.14. The van der Waals surface area contributed by atoms with Crippen molar-refractivity contribution in [2.45, 2.75) is 52.1 Å². The van der Waals surface area contributed by atoms with E-state index in [-0.39, 0.29) is 6.04 Å². The van der Waals surface area contributed by atoms with E-state index >= 15 is 0 Å². The van der Waals surface area contributed by atoms with Gasteiger partial charge in [0.25, 0.3) is 0 Å². The highest BCUT2D eigenvalue weighted by atomic mass is 35.5. The molecule has 2 N–H and O–H groups in total. The fraction of sp³-hybridized carbons (Fsp3) is 0.643. The lowest BCUT2D eigenvalue weighted by atomic mass is 10.0. The van der Waals surface area contributed by atoms with Gasteiger partial charge in [0.1, 0.15) is 11.0 Å². The van der Waals surface area contributed by atoms with E-state index in [1.807, 2.05) is 19.9 Å². The van der Waals surface area contributed by atoms with Crippen LogP contribution in [0.15, 0.2) is 6.07 Å².